The van der Waals surface area contributed by atoms with E-state index in [9.17, 15) is 29.3 Å². The third-order valence-corrected chi connectivity index (χ3v) is 5.56. The van der Waals surface area contributed by atoms with Crippen LogP contribution < -0.4 is 5.43 Å². The van der Waals surface area contributed by atoms with Gasteiger partial charge in [-0.3, -0.25) is 39.7 Å². The van der Waals surface area contributed by atoms with Crippen LogP contribution in [0.5, 0.6) is 0 Å². The van der Waals surface area contributed by atoms with Crippen molar-refractivity contribution >= 4 is 52.5 Å². The van der Waals surface area contributed by atoms with Crippen molar-refractivity contribution in [2.75, 3.05) is 12.4 Å². The van der Waals surface area contributed by atoms with Crippen molar-refractivity contribution in [1.29, 1.82) is 0 Å². The van der Waals surface area contributed by atoms with Crippen molar-refractivity contribution in [2.45, 2.75) is 18.9 Å². The molecule has 1 N–H and O–H groups in total. The van der Waals surface area contributed by atoms with Gasteiger partial charge in [0.2, 0.25) is 11.7 Å². The molecule has 2 amide bonds. The van der Waals surface area contributed by atoms with Crippen LogP contribution in [0, 0.1) is 16.0 Å². The number of ether oxygens (including phenoxy) is 1. The molecule has 1 fully saturated rings. The number of halogens is 2. The number of nitro benzene ring substituents is 1. The highest BCUT2D eigenvalue weighted by Gasteiger charge is 2.38. The first-order chi connectivity index (χ1) is 16.2. The van der Waals surface area contributed by atoms with Crippen molar-refractivity contribution in [1.82, 2.24) is 10.4 Å². The molecule has 0 bridgehead atoms. The Balaban J connectivity index is 1.61. The number of hydrazine groups is 1. The maximum absolute atomic E-state index is 12.7. The Hall–Kier alpha value is -3.50. The molecule has 1 aliphatic heterocycles. The maximum Gasteiger partial charge on any atom is 0.312 e. The molecule has 0 saturated carbocycles. The minimum absolute atomic E-state index is 0.0678. The lowest BCUT2D eigenvalue weighted by Gasteiger charge is -2.19. The fraction of sp³-hybridized carbons (Fsp3) is 0.273. The topological polar surface area (TPSA) is 136 Å². The van der Waals surface area contributed by atoms with Gasteiger partial charge in [0.15, 0.2) is 6.10 Å². The van der Waals surface area contributed by atoms with E-state index >= 15 is 0 Å². The fourth-order valence-corrected chi connectivity index (χ4v) is 3.60. The lowest BCUT2D eigenvalue weighted by Crippen LogP contribution is -2.43. The summed E-state index contributed by atoms with van der Waals surface area (Å²) in [5, 5.41) is 12.2. The van der Waals surface area contributed by atoms with Gasteiger partial charge < -0.3 is 4.74 Å². The first-order valence-corrected chi connectivity index (χ1v) is 11.0. The van der Waals surface area contributed by atoms with Crippen LogP contribution in [0.2, 0.25) is 5.02 Å². The van der Waals surface area contributed by atoms with Gasteiger partial charge in [-0.25, -0.2) is 0 Å². The number of benzene rings is 2. The van der Waals surface area contributed by atoms with E-state index in [4.69, 9.17) is 27.9 Å². The van der Waals surface area contributed by atoms with E-state index in [2.05, 4.69) is 5.43 Å². The Morgan fingerprint density at radius 1 is 1.12 bits per heavy atom. The monoisotopic (exact) mass is 507 g/mol. The molecule has 10 nitrogen and oxygen atoms in total. The number of amides is 2. The number of hydrogen-bond donors (Lipinski definition) is 1. The Kier molecular flexibility index (Phi) is 8.19. The van der Waals surface area contributed by atoms with Gasteiger partial charge in [0, 0.05) is 47.0 Å². The Morgan fingerprint density at radius 2 is 1.74 bits per heavy atom. The first kappa shape index (κ1) is 25.1. The summed E-state index contributed by atoms with van der Waals surface area (Å²) >= 11 is 11.6. The normalized spacial score (nSPS) is 16.1. The molecule has 1 saturated heterocycles. The molecule has 1 aliphatic rings. The number of hydrogen-bond acceptors (Lipinski definition) is 7. The summed E-state index contributed by atoms with van der Waals surface area (Å²) in [5.41, 5.74) is 2.59. The van der Waals surface area contributed by atoms with E-state index in [0.29, 0.717) is 10.6 Å². The third kappa shape index (κ3) is 6.09. The molecule has 0 unspecified atom stereocenters. The van der Waals surface area contributed by atoms with Gasteiger partial charge in [-0.2, -0.15) is 0 Å². The van der Waals surface area contributed by atoms with Crippen molar-refractivity contribution in [3.63, 3.8) is 0 Å². The summed E-state index contributed by atoms with van der Waals surface area (Å²) < 4.78 is 5.38. The highest BCUT2D eigenvalue weighted by Crippen LogP contribution is 2.21. The number of nitrogens with zero attached hydrogens (tertiary/aromatic N) is 2. The largest absolute Gasteiger partial charge is 0.454 e. The van der Waals surface area contributed by atoms with Crippen LogP contribution >= 0.6 is 23.2 Å². The molecule has 0 spiro atoms. The van der Waals surface area contributed by atoms with Crippen LogP contribution in [0.3, 0.4) is 0 Å². The van der Waals surface area contributed by atoms with Crippen molar-refractivity contribution in [2.24, 2.45) is 5.92 Å². The summed E-state index contributed by atoms with van der Waals surface area (Å²) in [5.74, 6) is -3.24. The second kappa shape index (κ2) is 11.1. The third-order valence-electron chi connectivity index (χ3n) is 5.09. The minimum Gasteiger partial charge on any atom is -0.454 e. The van der Waals surface area contributed by atoms with Gasteiger partial charge in [-0.05, 0) is 36.4 Å². The number of nitrogens with one attached hydrogen (secondary N) is 1. The number of Topliss-reactive ketones (excluding diaryl/α,β-unsaturated/α-hetero) is 1. The summed E-state index contributed by atoms with van der Waals surface area (Å²) in [6.07, 6.45) is -1.27. The number of alkyl halides is 1. The molecular weight excluding hydrogens is 489 g/mol. The van der Waals surface area contributed by atoms with Crippen LogP contribution in [0.4, 0.5) is 5.69 Å². The number of rotatable bonds is 9. The van der Waals surface area contributed by atoms with E-state index in [1.807, 2.05) is 0 Å². The number of carbonyl (C=O) groups is 4. The van der Waals surface area contributed by atoms with E-state index < -0.39 is 40.5 Å². The van der Waals surface area contributed by atoms with Gasteiger partial charge in [0.25, 0.3) is 11.6 Å². The number of ketones is 1. The molecule has 2 atom stereocenters. The van der Waals surface area contributed by atoms with Gasteiger partial charge in [-0.1, -0.05) is 11.6 Å². The minimum atomic E-state index is -1.13. The molecule has 0 radical (unpaired) electrons. The summed E-state index contributed by atoms with van der Waals surface area (Å²) in [7, 11) is 0. The Morgan fingerprint density at radius 3 is 2.32 bits per heavy atom. The van der Waals surface area contributed by atoms with Gasteiger partial charge >= 0.3 is 5.97 Å². The zero-order valence-electron chi connectivity index (χ0n) is 17.6. The summed E-state index contributed by atoms with van der Waals surface area (Å²) in [6.45, 7) is -0.154. The molecule has 0 aliphatic carbocycles. The van der Waals surface area contributed by atoms with Crippen molar-refractivity contribution in [3.05, 3.63) is 74.8 Å². The zero-order valence-corrected chi connectivity index (χ0v) is 19.1. The number of carbonyl (C=O) groups excluding carboxylic acids is 4. The van der Waals surface area contributed by atoms with Crippen LogP contribution in [-0.2, 0) is 14.3 Å². The van der Waals surface area contributed by atoms with Crippen LogP contribution in [0.1, 0.15) is 33.6 Å². The highest BCUT2D eigenvalue weighted by atomic mass is 35.5. The second-order valence-corrected chi connectivity index (χ2v) is 8.24. The van der Waals surface area contributed by atoms with Crippen LogP contribution in [0.15, 0.2) is 48.5 Å². The number of esters is 1. The quantitative estimate of drug-likeness (QED) is 0.181. The summed E-state index contributed by atoms with van der Waals surface area (Å²) in [4.78, 5) is 60.2. The average molecular weight is 508 g/mol. The predicted molar refractivity (Wildman–Crippen MR) is 121 cm³/mol. The number of non-ortho nitro benzene ring substituents is 1. The van der Waals surface area contributed by atoms with E-state index in [1.165, 1.54) is 36.4 Å². The molecule has 3 rings (SSSR count). The summed E-state index contributed by atoms with van der Waals surface area (Å²) in [6, 6.07) is 10.9. The van der Waals surface area contributed by atoms with E-state index in [-0.39, 0.29) is 36.5 Å². The molecule has 178 valence electrons. The standard InChI is InChI=1S/C22H19Cl2N3O7/c23-10-9-18(20(29)13-1-5-16(24)6-2-13)34-22(31)15-11-19(28)26(12-15)25-21(30)14-3-7-17(8-4-14)27(32)33/h1-8,15,18H,9-12H2,(H,25,30)/t15-,18-/m1/s1. The zero-order chi connectivity index (χ0) is 24.8. The van der Waals surface area contributed by atoms with Gasteiger partial charge in [0.1, 0.15) is 0 Å². The lowest BCUT2D eigenvalue weighted by atomic mass is 10.0. The average Bonchev–Trinajstić information content (AvgIpc) is 3.19. The molecule has 1 heterocycles. The number of nitro groups is 1. The second-order valence-electron chi connectivity index (χ2n) is 7.42. The van der Waals surface area contributed by atoms with E-state index in [1.54, 1.807) is 0 Å². The molecule has 12 heteroatoms. The molecule has 34 heavy (non-hydrogen) atoms. The Bertz CT molecular complexity index is 1110. The first-order valence-electron chi connectivity index (χ1n) is 10.1. The van der Waals surface area contributed by atoms with E-state index in [0.717, 1.165) is 17.1 Å². The van der Waals surface area contributed by atoms with Gasteiger partial charge in [-0.15, -0.1) is 11.6 Å². The molecule has 2 aromatic carbocycles. The van der Waals surface area contributed by atoms with Gasteiger partial charge in [0.05, 0.1) is 17.4 Å². The van der Waals surface area contributed by atoms with Crippen LogP contribution in [-0.4, -0.2) is 52.0 Å². The van der Waals surface area contributed by atoms with Crippen molar-refractivity contribution in [3.8, 4) is 0 Å². The lowest BCUT2D eigenvalue weighted by molar-refractivity contribution is -0.384. The smallest absolute Gasteiger partial charge is 0.312 e. The highest BCUT2D eigenvalue weighted by molar-refractivity contribution is 6.30. The van der Waals surface area contributed by atoms with Crippen molar-refractivity contribution < 1.29 is 28.8 Å². The fourth-order valence-electron chi connectivity index (χ4n) is 3.27. The maximum atomic E-state index is 12.7. The molecule has 2 aromatic rings. The molecular formula is C22H19Cl2N3O7. The Labute approximate surface area is 203 Å². The molecule has 0 aromatic heterocycles. The predicted octanol–water partition coefficient (Wildman–Crippen LogP) is 3.17. The van der Waals surface area contributed by atoms with Crippen LogP contribution in [0.25, 0.3) is 0 Å². The SMILES string of the molecule is O=C(NN1C[C@H](C(=O)O[C@H](CCCl)C(=O)c2ccc(Cl)cc2)CC1=O)c1ccc([N+](=O)[O-])cc1.